The number of rotatable bonds is 9. The van der Waals surface area contributed by atoms with Gasteiger partial charge in [-0.2, -0.15) is 13.2 Å². The summed E-state index contributed by atoms with van der Waals surface area (Å²) in [5.74, 6) is 1.15. The number of esters is 1. The van der Waals surface area contributed by atoms with Gasteiger partial charge in [-0.1, -0.05) is 51.2 Å². The van der Waals surface area contributed by atoms with Gasteiger partial charge >= 0.3 is 12.1 Å². The molecule has 0 spiro atoms. The SMILES string of the molecule is CCCCCCCCOC(=O)C(=C1SCCS1)c1cccc(C(F)(F)F)c1. The molecule has 0 bridgehead atoms. The monoisotopic (exact) mass is 418 g/mol. The number of halogens is 3. The van der Waals surface area contributed by atoms with E-state index >= 15 is 0 Å². The maximum Gasteiger partial charge on any atom is 0.416 e. The average molecular weight is 419 g/mol. The maximum absolute atomic E-state index is 13.0. The van der Waals surface area contributed by atoms with Crippen molar-refractivity contribution in [3.8, 4) is 0 Å². The van der Waals surface area contributed by atoms with Crippen LogP contribution in [0, 0.1) is 0 Å². The first-order valence-electron chi connectivity index (χ1n) is 9.28. The van der Waals surface area contributed by atoms with Crippen LogP contribution in [0.1, 0.15) is 56.6 Å². The summed E-state index contributed by atoms with van der Waals surface area (Å²) in [7, 11) is 0. The van der Waals surface area contributed by atoms with Crippen LogP contribution in [0.4, 0.5) is 13.2 Å². The van der Waals surface area contributed by atoms with Gasteiger partial charge in [0.05, 0.1) is 22.0 Å². The molecule has 1 fully saturated rings. The van der Waals surface area contributed by atoms with Gasteiger partial charge in [0, 0.05) is 11.5 Å². The van der Waals surface area contributed by atoms with E-state index in [0.29, 0.717) is 6.61 Å². The minimum atomic E-state index is -4.44. The Bertz CT molecular complexity index is 649. The third kappa shape index (κ3) is 7.11. The molecule has 0 aliphatic carbocycles. The molecule has 0 atom stereocenters. The molecule has 0 N–H and O–H groups in total. The van der Waals surface area contributed by atoms with Crippen LogP contribution in [0.5, 0.6) is 0 Å². The number of thioether (sulfide) groups is 2. The van der Waals surface area contributed by atoms with E-state index in [0.717, 1.165) is 47.1 Å². The first kappa shape index (κ1) is 22.2. The number of hydrogen-bond donors (Lipinski definition) is 0. The molecule has 2 rings (SSSR count). The predicted octanol–water partition coefficient (Wildman–Crippen LogP) is 6.76. The van der Waals surface area contributed by atoms with Crippen LogP contribution in [-0.2, 0) is 15.7 Å². The smallest absolute Gasteiger partial charge is 0.416 e. The molecule has 27 heavy (non-hydrogen) atoms. The van der Waals surface area contributed by atoms with Crippen LogP contribution in [0.25, 0.3) is 5.57 Å². The molecule has 7 heteroatoms. The van der Waals surface area contributed by atoms with E-state index in [1.54, 1.807) is 6.07 Å². The van der Waals surface area contributed by atoms with Gasteiger partial charge in [-0.15, -0.1) is 23.5 Å². The first-order chi connectivity index (χ1) is 12.9. The summed E-state index contributed by atoms with van der Waals surface area (Å²) < 4.78 is 45.3. The molecule has 0 aromatic heterocycles. The van der Waals surface area contributed by atoms with Crippen LogP contribution in [0.15, 0.2) is 28.5 Å². The zero-order valence-electron chi connectivity index (χ0n) is 15.4. The summed E-state index contributed by atoms with van der Waals surface area (Å²) in [4.78, 5) is 12.6. The highest BCUT2D eigenvalue weighted by atomic mass is 32.2. The number of benzene rings is 1. The second kappa shape index (κ2) is 11.1. The fourth-order valence-corrected chi connectivity index (χ4v) is 5.31. The zero-order chi connectivity index (χ0) is 19.7. The first-order valence-corrected chi connectivity index (χ1v) is 11.2. The lowest BCUT2D eigenvalue weighted by molar-refractivity contribution is -0.138. The second-order valence-corrected chi connectivity index (χ2v) is 8.81. The molecule has 1 aromatic carbocycles. The molecule has 0 amide bonds. The Balaban J connectivity index is 2.06. The standard InChI is InChI=1S/C20H25F3O2S2/c1-2-3-4-5-6-7-11-25-18(24)17(19-26-12-13-27-19)15-9-8-10-16(14-15)20(21,22)23/h8-10,14H,2-7,11-13H2,1H3. The Morgan fingerprint density at radius 1 is 1.07 bits per heavy atom. The van der Waals surface area contributed by atoms with Crippen molar-refractivity contribution in [2.45, 2.75) is 51.6 Å². The third-order valence-electron chi connectivity index (χ3n) is 4.17. The number of unbranched alkanes of at least 4 members (excludes halogenated alkanes) is 5. The topological polar surface area (TPSA) is 26.3 Å². The highest BCUT2D eigenvalue weighted by Gasteiger charge is 2.32. The Morgan fingerprint density at radius 2 is 1.74 bits per heavy atom. The Kier molecular flexibility index (Phi) is 9.09. The van der Waals surface area contributed by atoms with Gasteiger partial charge in [0.1, 0.15) is 0 Å². The largest absolute Gasteiger partial charge is 0.462 e. The molecule has 150 valence electrons. The van der Waals surface area contributed by atoms with E-state index in [1.165, 1.54) is 48.9 Å². The highest BCUT2D eigenvalue weighted by Crippen LogP contribution is 2.43. The molecule has 0 saturated carbocycles. The molecular weight excluding hydrogens is 393 g/mol. The van der Waals surface area contributed by atoms with Gasteiger partial charge in [-0.25, -0.2) is 4.79 Å². The average Bonchev–Trinajstić information content (AvgIpc) is 3.15. The lowest BCUT2D eigenvalue weighted by Crippen LogP contribution is -2.11. The summed E-state index contributed by atoms with van der Waals surface area (Å²) in [5, 5.41) is 0. The van der Waals surface area contributed by atoms with Crippen molar-refractivity contribution in [3.05, 3.63) is 39.6 Å². The van der Waals surface area contributed by atoms with E-state index < -0.39 is 17.7 Å². The summed E-state index contributed by atoms with van der Waals surface area (Å²) in [6.45, 7) is 2.46. The molecule has 1 aliphatic heterocycles. The van der Waals surface area contributed by atoms with E-state index in [-0.39, 0.29) is 11.1 Å². The number of ether oxygens (including phenoxy) is 1. The van der Waals surface area contributed by atoms with Crippen molar-refractivity contribution < 1.29 is 22.7 Å². The van der Waals surface area contributed by atoms with Gasteiger partial charge in [0.25, 0.3) is 0 Å². The van der Waals surface area contributed by atoms with Crippen molar-refractivity contribution in [1.82, 2.24) is 0 Å². The van der Waals surface area contributed by atoms with E-state index in [1.807, 2.05) is 0 Å². The van der Waals surface area contributed by atoms with Gasteiger partial charge in [0.2, 0.25) is 0 Å². The second-order valence-electron chi connectivity index (χ2n) is 6.34. The van der Waals surface area contributed by atoms with Crippen molar-refractivity contribution in [2.75, 3.05) is 18.1 Å². The van der Waals surface area contributed by atoms with Crippen molar-refractivity contribution in [3.63, 3.8) is 0 Å². The Morgan fingerprint density at radius 3 is 2.41 bits per heavy atom. The molecular formula is C20H25F3O2S2. The Labute approximate surface area is 167 Å². The van der Waals surface area contributed by atoms with Crippen LogP contribution < -0.4 is 0 Å². The van der Waals surface area contributed by atoms with Crippen molar-refractivity contribution in [1.29, 1.82) is 0 Å². The summed E-state index contributed by atoms with van der Waals surface area (Å²) in [6, 6.07) is 4.93. The van der Waals surface area contributed by atoms with Crippen LogP contribution >= 0.6 is 23.5 Å². The lowest BCUT2D eigenvalue weighted by Gasteiger charge is -2.13. The quantitative estimate of drug-likeness (QED) is 0.251. The fourth-order valence-electron chi connectivity index (χ4n) is 2.74. The van der Waals surface area contributed by atoms with Gasteiger partial charge in [-0.05, 0) is 24.1 Å². The normalized spacial score (nSPS) is 14.4. The number of alkyl halides is 3. The summed E-state index contributed by atoms with van der Waals surface area (Å²) >= 11 is 3.00. The van der Waals surface area contributed by atoms with E-state index in [9.17, 15) is 18.0 Å². The molecule has 1 aromatic rings. The van der Waals surface area contributed by atoms with E-state index in [2.05, 4.69) is 6.92 Å². The minimum Gasteiger partial charge on any atom is -0.462 e. The fraction of sp³-hybridized carbons (Fsp3) is 0.550. The van der Waals surface area contributed by atoms with Crippen LogP contribution in [0.3, 0.4) is 0 Å². The Hall–Kier alpha value is -1.08. The third-order valence-corrected chi connectivity index (χ3v) is 6.88. The summed E-state index contributed by atoms with van der Waals surface area (Å²) in [6.07, 6.45) is 2.01. The van der Waals surface area contributed by atoms with Crippen molar-refractivity contribution >= 4 is 35.1 Å². The molecule has 0 unspecified atom stereocenters. The molecule has 0 radical (unpaired) electrons. The number of carbonyl (C=O) groups is 1. The predicted molar refractivity (Wildman–Crippen MR) is 108 cm³/mol. The van der Waals surface area contributed by atoms with Crippen molar-refractivity contribution in [2.24, 2.45) is 0 Å². The molecule has 1 aliphatic rings. The van der Waals surface area contributed by atoms with Gasteiger partial charge in [-0.3, -0.25) is 0 Å². The van der Waals surface area contributed by atoms with Crippen LogP contribution in [0.2, 0.25) is 0 Å². The molecule has 1 saturated heterocycles. The number of hydrogen-bond acceptors (Lipinski definition) is 4. The zero-order valence-corrected chi connectivity index (χ0v) is 17.1. The van der Waals surface area contributed by atoms with E-state index in [4.69, 9.17) is 4.74 Å². The van der Waals surface area contributed by atoms with Crippen LogP contribution in [-0.4, -0.2) is 24.1 Å². The maximum atomic E-state index is 13.0. The summed E-state index contributed by atoms with van der Waals surface area (Å²) in [5.41, 5.74) is -0.218. The number of carbonyl (C=O) groups excluding carboxylic acids is 1. The highest BCUT2D eigenvalue weighted by molar-refractivity contribution is 8.25. The lowest BCUT2D eigenvalue weighted by atomic mass is 10.0. The molecule has 1 heterocycles. The van der Waals surface area contributed by atoms with Gasteiger partial charge in [0.15, 0.2) is 0 Å². The van der Waals surface area contributed by atoms with Gasteiger partial charge < -0.3 is 4.74 Å². The molecule has 2 nitrogen and oxygen atoms in total. The minimum absolute atomic E-state index is 0.264.